The number of phenols is 4. The summed E-state index contributed by atoms with van der Waals surface area (Å²) in [6.07, 6.45) is 8.42. The van der Waals surface area contributed by atoms with Crippen LogP contribution in [0.4, 0.5) is 11.5 Å². The molecule has 1 saturated carbocycles. The zero-order chi connectivity index (χ0) is 41.1. The summed E-state index contributed by atoms with van der Waals surface area (Å²) < 4.78 is 11.2. The SMILES string of the molecule is COc1cc(CCC(=O)C(C(O)CCc2ccc(O)c3c2CCCO3)C2(c3ccnc(Nc4ccc5cc(O)ccc5c4)c3)CCCC2Cc2ccc[nH]2)cc(O)c1O. The molecule has 8 rings (SSSR count). The van der Waals surface area contributed by atoms with E-state index in [9.17, 15) is 25.5 Å². The molecule has 0 bridgehead atoms. The van der Waals surface area contributed by atoms with E-state index in [-0.39, 0.29) is 53.3 Å². The van der Waals surface area contributed by atoms with Crippen LogP contribution in [0.25, 0.3) is 10.8 Å². The number of aromatic nitrogens is 2. The number of aromatic amines is 1. The number of ether oxygens (including phenoxy) is 2. The van der Waals surface area contributed by atoms with Gasteiger partial charge in [0, 0.05) is 41.2 Å². The molecule has 4 unspecified atom stereocenters. The zero-order valence-corrected chi connectivity index (χ0v) is 33.2. The van der Waals surface area contributed by atoms with Crippen LogP contribution >= 0.6 is 0 Å². The molecule has 0 amide bonds. The number of pyridine rings is 1. The molecule has 2 aliphatic rings. The average Bonchev–Trinajstić information content (AvgIpc) is 3.92. The van der Waals surface area contributed by atoms with Gasteiger partial charge in [-0.1, -0.05) is 24.6 Å². The summed E-state index contributed by atoms with van der Waals surface area (Å²) in [6.45, 7) is 0.535. The van der Waals surface area contributed by atoms with Crippen LogP contribution in [0.5, 0.6) is 34.5 Å². The first-order valence-electron chi connectivity index (χ1n) is 20.5. The number of aliphatic hydroxyl groups is 1. The first-order chi connectivity index (χ1) is 28.6. The second-order valence-electron chi connectivity index (χ2n) is 16.0. The Bertz CT molecular complexity index is 2450. The summed E-state index contributed by atoms with van der Waals surface area (Å²) >= 11 is 0. The molecule has 11 nitrogen and oxygen atoms in total. The van der Waals surface area contributed by atoms with Gasteiger partial charge in [0.2, 0.25) is 5.75 Å². The molecule has 1 aliphatic carbocycles. The zero-order valence-electron chi connectivity index (χ0n) is 33.2. The maximum atomic E-state index is 15.2. The van der Waals surface area contributed by atoms with Crippen LogP contribution < -0.4 is 14.8 Å². The molecule has 1 fully saturated rings. The number of phenolic OH excluding ortho intramolecular Hbond substituents is 4. The van der Waals surface area contributed by atoms with E-state index >= 15 is 4.79 Å². The predicted molar refractivity (Wildman–Crippen MR) is 226 cm³/mol. The third-order valence-electron chi connectivity index (χ3n) is 12.5. The highest BCUT2D eigenvalue weighted by atomic mass is 16.5. The van der Waals surface area contributed by atoms with Crippen molar-refractivity contribution in [3.05, 3.63) is 125 Å². The number of anilines is 2. The van der Waals surface area contributed by atoms with Crippen LogP contribution in [0.3, 0.4) is 0 Å². The van der Waals surface area contributed by atoms with Crippen molar-refractivity contribution < 1.29 is 39.8 Å². The number of rotatable bonds is 15. The fourth-order valence-corrected chi connectivity index (χ4v) is 9.80. The van der Waals surface area contributed by atoms with Crippen molar-refractivity contribution in [2.75, 3.05) is 19.0 Å². The number of methoxy groups -OCH3 is 1. The molecule has 1 aliphatic heterocycles. The third kappa shape index (κ3) is 8.12. The number of aliphatic hydroxyl groups excluding tert-OH is 1. The highest BCUT2D eigenvalue weighted by Crippen LogP contribution is 2.54. The van der Waals surface area contributed by atoms with Crippen molar-refractivity contribution in [1.82, 2.24) is 9.97 Å². The van der Waals surface area contributed by atoms with Gasteiger partial charge in [-0.2, -0.15) is 0 Å². The van der Waals surface area contributed by atoms with Gasteiger partial charge < -0.3 is 45.3 Å². The highest BCUT2D eigenvalue weighted by Gasteiger charge is 2.54. The molecule has 4 atom stereocenters. The number of carbonyl (C=O) groups excluding carboxylic acids is 1. The van der Waals surface area contributed by atoms with Gasteiger partial charge in [-0.3, -0.25) is 4.79 Å². The summed E-state index contributed by atoms with van der Waals surface area (Å²) in [5.74, 6) is -0.0808. The van der Waals surface area contributed by atoms with Crippen molar-refractivity contribution in [2.45, 2.75) is 75.7 Å². The molecule has 4 aromatic carbocycles. The maximum Gasteiger partial charge on any atom is 0.200 e. The lowest BCUT2D eigenvalue weighted by atomic mass is 9.59. The largest absolute Gasteiger partial charge is 0.508 e. The molecule has 2 aromatic heterocycles. The van der Waals surface area contributed by atoms with Gasteiger partial charge in [0.05, 0.1) is 25.7 Å². The van der Waals surface area contributed by atoms with Gasteiger partial charge in [-0.15, -0.1) is 0 Å². The monoisotopic (exact) mass is 797 g/mol. The number of nitrogens with zero attached hydrogens (tertiary/aromatic N) is 1. The van der Waals surface area contributed by atoms with Crippen LogP contribution in [0.15, 0.2) is 97.3 Å². The minimum atomic E-state index is -1.04. The lowest BCUT2D eigenvalue weighted by Crippen LogP contribution is -2.49. The number of aromatic hydroxyl groups is 4. The van der Waals surface area contributed by atoms with Crippen LogP contribution in [-0.4, -0.2) is 61.1 Å². The fourth-order valence-electron chi connectivity index (χ4n) is 9.80. The van der Waals surface area contributed by atoms with Crippen molar-refractivity contribution in [3.63, 3.8) is 0 Å². The third-order valence-corrected chi connectivity index (χ3v) is 12.5. The van der Waals surface area contributed by atoms with Crippen LogP contribution in [-0.2, 0) is 35.9 Å². The minimum Gasteiger partial charge on any atom is -0.508 e. The quantitative estimate of drug-likeness (QED) is 0.0498. The Morgan fingerprint density at radius 3 is 2.64 bits per heavy atom. The van der Waals surface area contributed by atoms with Gasteiger partial charge >= 0.3 is 0 Å². The van der Waals surface area contributed by atoms with E-state index in [1.807, 2.05) is 54.7 Å². The number of Topliss-reactive ketones (excluding diaryl/α,β-unsaturated/α-hetero) is 1. The molecule has 0 spiro atoms. The molecule has 0 radical (unpaired) electrons. The van der Waals surface area contributed by atoms with Gasteiger partial charge in [0.25, 0.3) is 0 Å². The van der Waals surface area contributed by atoms with Gasteiger partial charge in [0.1, 0.15) is 17.4 Å². The number of benzene rings is 4. The van der Waals surface area contributed by atoms with Gasteiger partial charge in [-0.25, -0.2) is 4.98 Å². The number of aryl methyl sites for hydroxylation is 2. The average molecular weight is 798 g/mol. The Morgan fingerprint density at radius 1 is 0.966 bits per heavy atom. The normalized spacial score (nSPS) is 18.5. The number of hydrogen-bond acceptors (Lipinski definition) is 10. The first kappa shape index (κ1) is 39.6. The summed E-state index contributed by atoms with van der Waals surface area (Å²) in [6, 6.07) is 25.8. The smallest absolute Gasteiger partial charge is 0.200 e. The maximum absolute atomic E-state index is 15.2. The molecule has 3 heterocycles. The van der Waals surface area contributed by atoms with Crippen LogP contribution in [0, 0.1) is 11.8 Å². The Labute approximate surface area is 343 Å². The number of hydrogen-bond donors (Lipinski definition) is 7. The van der Waals surface area contributed by atoms with E-state index in [4.69, 9.17) is 14.5 Å². The Hall–Kier alpha value is -6.20. The number of nitrogens with one attached hydrogen (secondary N) is 2. The highest BCUT2D eigenvalue weighted by molar-refractivity contribution is 5.87. The molecule has 7 N–H and O–H groups in total. The fraction of sp³-hybridized carbons (Fsp3) is 0.333. The predicted octanol–water partition coefficient (Wildman–Crippen LogP) is 8.55. The topological polar surface area (TPSA) is 177 Å². The molecule has 11 heteroatoms. The summed E-state index contributed by atoms with van der Waals surface area (Å²) in [4.78, 5) is 23.3. The number of ketones is 1. The summed E-state index contributed by atoms with van der Waals surface area (Å²) in [5, 5.41) is 59.3. The number of carbonyl (C=O) groups is 1. The van der Waals surface area contributed by atoms with Gasteiger partial charge in [-0.05, 0) is 151 Å². The Morgan fingerprint density at radius 2 is 1.81 bits per heavy atom. The molecule has 6 aromatic rings. The van der Waals surface area contributed by atoms with E-state index in [0.717, 1.165) is 64.5 Å². The molecular formula is C48H51N3O8. The van der Waals surface area contributed by atoms with E-state index in [2.05, 4.69) is 16.4 Å². The van der Waals surface area contributed by atoms with E-state index in [0.29, 0.717) is 49.4 Å². The van der Waals surface area contributed by atoms with E-state index in [1.54, 1.807) is 30.5 Å². The number of fused-ring (bicyclic) bond motifs is 2. The van der Waals surface area contributed by atoms with Crippen molar-refractivity contribution in [3.8, 4) is 34.5 Å². The van der Waals surface area contributed by atoms with Crippen LogP contribution in [0.1, 0.15) is 66.5 Å². The Kier molecular flexibility index (Phi) is 11.4. The Balaban J connectivity index is 1.19. The molecule has 0 saturated heterocycles. The lowest BCUT2D eigenvalue weighted by molar-refractivity contribution is -0.131. The molecular weight excluding hydrogens is 747 g/mol. The van der Waals surface area contributed by atoms with Crippen molar-refractivity contribution in [1.29, 1.82) is 0 Å². The van der Waals surface area contributed by atoms with Crippen LogP contribution in [0.2, 0.25) is 0 Å². The van der Waals surface area contributed by atoms with Crippen molar-refractivity contribution in [2.24, 2.45) is 11.8 Å². The van der Waals surface area contributed by atoms with Gasteiger partial charge in [0.15, 0.2) is 23.0 Å². The second-order valence-corrected chi connectivity index (χ2v) is 16.0. The molecule has 306 valence electrons. The molecule has 59 heavy (non-hydrogen) atoms. The van der Waals surface area contributed by atoms with E-state index in [1.165, 1.54) is 13.2 Å². The lowest BCUT2D eigenvalue weighted by Gasteiger charge is -2.45. The second kappa shape index (κ2) is 17.0. The van der Waals surface area contributed by atoms with Crippen molar-refractivity contribution >= 4 is 28.1 Å². The standard InChI is InChI=1S/C48H51N3O8/c1-58-43-24-29(23-42(56)46(43)57)8-15-39(53)45(40(54)16-11-30-12-17-41(55)47-38(30)7-4-22-59-47)48(19-2-5-33(48)27-35-6-3-20-49-35)34-18-21-50-44(28-34)51-36-13-9-32-26-37(52)14-10-31(32)25-36/h3,6,9-10,12-14,17-18,20-21,23-26,28,33,40,45,49,52,54-57H,2,4-5,7-8,11,15-16,19,22,27H2,1H3,(H,50,51). The summed E-state index contributed by atoms with van der Waals surface area (Å²) in [7, 11) is 1.41. The number of H-pyrrole nitrogens is 1. The minimum absolute atomic E-state index is 0.0130. The summed E-state index contributed by atoms with van der Waals surface area (Å²) in [5.41, 5.74) is 4.57. The van der Waals surface area contributed by atoms with E-state index < -0.39 is 17.4 Å². The first-order valence-corrected chi connectivity index (χ1v) is 20.5.